The van der Waals surface area contributed by atoms with Crippen molar-refractivity contribution in [2.24, 2.45) is 5.10 Å². The molecule has 0 spiro atoms. The Kier molecular flexibility index (Phi) is 6.23. The number of nitro groups is 1. The maximum absolute atomic E-state index is 12.0. The van der Waals surface area contributed by atoms with Crippen molar-refractivity contribution in [3.63, 3.8) is 0 Å². The van der Waals surface area contributed by atoms with Crippen molar-refractivity contribution in [2.75, 3.05) is 0 Å². The Morgan fingerprint density at radius 2 is 1.97 bits per heavy atom. The number of para-hydroxylation sites is 1. The number of hydrazone groups is 1. The van der Waals surface area contributed by atoms with E-state index >= 15 is 0 Å². The van der Waals surface area contributed by atoms with Gasteiger partial charge in [-0.3, -0.25) is 14.9 Å². The van der Waals surface area contributed by atoms with E-state index in [1.54, 1.807) is 18.2 Å². The van der Waals surface area contributed by atoms with Crippen LogP contribution in [0.1, 0.15) is 21.7 Å². The minimum atomic E-state index is -1.09. The number of halogens is 1. The van der Waals surface area contributed by atoms with Crippen molar-refractivity contribution in [1.82, 2.24) is 5.43 Å². The van der Waals surface area contributed by atoms with E-state index in [-0.39, 0.29) is 29.0 Å². The van der Waals surface area contributed by atoms with Gasteiger partial charge in [-0.05, 0) is 30.3 Å². The van der Waals surface area contributed by atoms with Crippen LogP contribution in [0.25, 0.3) is 11.3 Å². The summed E-state index contributed by atoms with van der Waals surface area (Å²) in [6.45, 7) is 0. The molecular weight excluding hydrogens is 414 g/mol. The van der Waals surface area contributed by atoms with Crippen molar-refractivity contribution < 1.29 is 24.0 Å². The zero-order chi connectivity index (χ0) is 21.7. The number of nitrogens with one attached hydrogen (secondary N) is 1. The van der Waals surface area contributed by atoms with Gasteiger partial charge in [0.2, 0.25) is 5.91 Å². The first-order chi connectivity index (χ1) is 14.3. The number of nitro benzene ring substituents is 1. The lowest BCUT2D eigenvalue weighted by molar-refractivity contribution is -0.385. The molecule has 0 aliphatic heterocycles. The van der Waals surface area contributed by atoms with E-state index in [2.05, 4.69) is 10.5 Å². The van der Waals surface area contributed by atoms with Crippen molar-refractivity contribution in [1.29, 1.82) is 0 Å². The van der Waals surface area contributed by atoms with Gasteiger partial charge in [-0.2, -0.15) is 5.10 Å². The molecule has 0 radical (unpaired) electrons. The Labute approximate surface area is 174 Å². The minimum Gasteiger partial charge on any atom is -0.478 e. The zero-order valence-corrected chi connectivity index (χ0v) is 16.0. The van der Waals surface area contributed by atoms with Crippen LogP contribution < -0.4 is 5.43 Å². The second-order valence-electron chi connectivity index (χ2n) is 6.06. The molecule has 10 heteroatoms. The van der Waals surface area contributed by atoms with Crippen LogP contribution in [0.3, 0.4) is 0 Å². The summed E-state index contributed by atoms with van der Waals surface area (Å²) in [4.78, 5) is 33.6. The molecule has 0 saturated carbocycles. The second-order valence-corrected chi connectivity index (χ2v) is 6.46. The number of carbonyl (C=O) groups is 2. The Morgan fingerprint density at radius 1 is 1.20 bits per heavy atom. The lowest BCUT2D eigenvalue weighted by atomic mass is 10.1. The molecule has 152 valence electrons. The molecular formula is C20H14ClN3O6. The molecule has 0 unspecified atom stereocenters. The molecule has 1 aromatic heterocycles. The van der Waals surface area contributed by atoms with Gasteiger partial charge in [-0.1, -0.05) is 29.8 Å². The highest BCUT2D eigenvalue weighted by molar-refractivity contribution is 6.33. The van der Waals surface area contributed by atoms with E-state index in [9.17, 15) is 19.7 Å². The molecule has 30 heavy (non-hydrogen) atoms. The van der Waals surface area contributed by atoms with Gasteiger partial charge in [0.1, 0.15) is 11.5 Å². The molecule has 0 aliphatic rings. The van der Waals surface area contributed by atoms with Crippen LogP contribution in [0, 0.1) is 10.1 Å². The Balaban J connectivity index is 1.67. The third-order valence-electron chi connectivity index (χ3n) is 4.03. The molecule has 0 atom stereocenters. The van der Waals surface area contributed by atoms with Gasteiger partial charge in [0.05, 0.1) is 28.1 Å². The number of furan rings is 1. The number of hydrogen-bond donors (Lipinski definition) is 2. The molecule has 0 saturated heterocycles. The third kappa shape index (κ3) is 4.89. The number of hydrogen-bond acceptors (Lipinski definition) is 6. The average molecular weight is 428 g/mol. The highest BCUT2D eigenvalue weighted by atomic mass is 35.5. The molecule has 0 bridgehead atoms. The molecule has 2 N–H and O–H groups in total. The molecule has 9 nitrogen and oxygen atoms in total. The van der Waals surface area contributed by atoms with Crippen LogP contribution in [0.4, 0.5) is 5.69 Å². The van der Waals surface area contributed by atoms with E-state index < -0.39 is 16.8 Å². The third-order valence-corrected chi connectivity index (χ3v) is 4.36. The summed E-state index contributed by atoms with van der Waals surface area (Å²) in [5, 5.41) is 24.2. The van der Waals surface area contributed by atoms with Crippen molar-refractivity contribution in [3.8, 4) is 11.3 Å². The van der Waals surface area contributed by atoms with E-state index in [0.29, 0.717) is 16.3 Å². The fraction of sp³-hybridized carbons (Fsp3) is 0.0500. The number of aromatic carboxylic acids is 1. The fourth-order valence-electron chi connectivity index (χ4n) is 2.63. The first-order valence-electron chi connectivity index (χ1n) is 8.52. The van der Waals surface area contributed by atoms with Crippen LogP contribution in [-0.4, -0.2) is 28.1 Å². The van der Waals surface area contributed by atoms with Crippen molar-refractivity contribution in [2.45, 2.75) is 6.42 Å². The predicted octanol–water partition coefficient (Wildman–Crippen LogP) is 3.90. The highest BCUT2D eigenvalue weighted by Gasteiger charge is 2.15. The van der Waals surface area contributed by atoms with Crippen LogP contribution in [0.15, 0.2) is 64.1 Å². The number of carboxylic acid groups (broad SMARTS) is 1. The van der Waals surface area contributed by atoms with Gasteiger partial charge in [0.15, 0.2) is 0 Å². The summed E-state index contributed by atoms with van der Waals surface area (Å²) in [5.41, 5.74) is 2.85. The maximum atomic E-state index is 12.0. The summed E-state index contributed by atoms with van der Waals surface area (Å²) < 4.78 is 5.57. The first-order valence-corrected chi connectivity index (χ1v) is 8.90. The van der Waals surface area contributed by atoms with Gasteiger partial charge in [-0.25, -0.2) is 10.2 Å². The molecule has 3 rings (SSSR count). The first kappa shape index (κ1) is 20.7. The summed E-state index contributed by atoms with van der Waals surface area (Å²) in [6, 6.07) is 13.3. The van der Waals surface area contributed by atoms with Gasteiger partial charge in [0, 0.05) is 17.2 Å². The van der Waals surface area contributed by atoms with E-state index in [0.717, 1.165) is 0 Å². The molecule has 3 aromatic rings. The van der Waals surface area contributed by atoms with Crippen molar-refractivity contribution >= 4 is 35.4 Å². The van der Waals surface area contributed by atoms with Gasteiger partial charge in [-0.15, -0.1) is 0 Å². The lowest BCUT2D eigenvalue weighted by Crippen LogP contribution is -2.20. The van der Waals surface area contributed by atoms with Crippen LogP contribution in [0.5, 0.6) is 0 Å². The van der Waals surface area contributed by atoms with Crippen LogP contribution in [-0.2, 0) is 11.2 Å². The minimum absolute atomic E-state index is 0.0586. The molecule has 2 aromatic carbocycles. The van der Waals surface area contributed by atoms with E-state index in [1.807, 2.05) is 0 Å². The molecule has 0 aliphatic carbocycles. The fourth-order valence-corrected chi connectivity index (χ4v) is 2.84. The number of rotatable bonds is 7. The lowest BCUT2D eigenvalue weighted by Gasteiger charge is -2.02. The topological polar surface area (TPSA) is 135 Å². The summed E-state index contributed by atoms with van der Waals surface area (Å²) in [5.74, 6) is -1.02. The summed E-state index contributed by atoms with van der Waals surface area (Å²) in [7, 11) is 0. The molecule has 1 amide bonds. The normalized spacial score (nSPS) is 10.8. The number of nitrogens with zero attached hydrogens (tertiary/aromatic N) is 2. The van der Waals surface area contributed by atoms with E-state index in [1.165, 1.54) is 42.6 Å². The SMILES string of the molecule is O=C(Cc1ccccc1[N+](=O)[O-])NN=Cc1ccc(-c2cc(C(=O)O)ccc2Cl)o1. The Bertz CT molecular complexity index is 1150. The standard InChI is InChI=1S/C20H14ClN3O6/c21-16-7-5-13(20(26)27)9-15(16)18-8-6-14(30-18)11-22-23-19(25)10-12-3-1-2-4-17(12)24(28)29/h1-9,11H,10H2,(H,23,25)(H,26,27). The largest absolute Gasteiger partial charge is 0.478 e. The van der Waals surface area contributed by atoms with Gasteiger partial charge in [0.25, 0.3) is 5.69 Å². The quantitative estimate of drug-likeness (QED) is 0.333. The zero-order valence-electron chi connectivity index (χ0n) is 15.2. The smallest absolute Gasteiger partial charge is 0.335 e. The van der Waals surface area contributed by atoms with Gasteiger partial charge >= 0.3 is 5.97 Å². The molecule has 1 heterocycles. The molecule has 0 fully saturated rings. The number of amides is 1. The summed E-state index contributed by atoms with van der Waals surface area (Å²) >= 11 is 6.11. The second kappa shape index (κ2) is 9.01. The highest BCUT2D eigenvalue weighted by Crippen LogP contribution is 2.30. The number of carbonyl (C=O) groups excluding carboxylic acids is 1. The summed E-state index contributed by atoms with van der Waals surface area (Å²) in [6.07, 6.45) is 1.03. The Hall–Kier alpha value is -3.98. The van der Waals surface area contributed by atoms with Crippen LogP contribution >= 0.6 is 11.6 Å². The number of benzene rings is 2. The average Bonchev–Trinajstić information content (AvgIpc) is 3.17. The van der Waals surface area contributed by atoms with Crippen molar-refractivity contribution in [3.05, 3.63) is 86.6 Å². The maximum Gasteiger partial charge on any atom is 0.335 e. The van der Waals surface area contributed by atoms with E-state index in [4.69, 9.17) is 21.1 Å². The monoisotopic (exact) mass is 427 g/mol. The predicted molar refractivity (Wildman–Crippen MR) is 109 cm³/mol. The number of carboxylic acids is 1. The Morgan fingerprint density at radius 3 is 2.70 bits per heavy atom. The van der Waals surface area contributed by atoms with Gasteiger partial charge < -0.3 is 9.52 Å². The van der Waals surface area contributed by atoms with Crippen LogP contribution in [0.2, 0.25) is 5.02 Å².